The minimum Gasteiger partial charge on any atom is -0.481 e. The number of pyridine rings is 4. The van der Waals surface area contributed by atoms with Gasteiger partial charge < -0.3 is 58.4 Å². The molecule has 0 radical (unpaired) electrons. The highest BCUT2D eigenvalue weighted by Gasteiger charge is 2.28. The Labute approximate surface area is 507 Å². The molecule has 4 fully saturated rings. The number of likely N-dealkylation sites (tertiary alicyclic amines) is 2. The van der Waals surface area contributed by atoms with Gasteiger partial charge in [0.1, 0.15) is 42.0 Å². The van der Waals surface area contributed by atoms with Crippen molar-refractivity contribution in [3.8, 4) is 45.6 Å². The van der Waals surface area contributed by atoms with E-state index in [1.165, 1.54) is 54.3 Å². The zero-order valence-electron chi connectivity index (χ0n) is 48.7. The fourth-order valence-electron chi connectivity index (χ4n) is 9.49. The lowest BCUT2D eigenvalue weighted by molar-refractivity contribution is -0.390. The van der Waals surface area contributed by atoms with E-state index < -0.39 is 21.0 Å². The van der Waals surface area contributed by atoms with Crippen molar-refractivity contribution in [2.24, 2.45) is 0 Å². The number of hydrogen-bond donors (Lipinski definition) is 0. The molecular formula is C61H73BrN10O10S2. The highest BCUT2D eigenvalue weighted by atomic mass is 79.9. The van der Waals surface area contributed by atoms with Gasteiger partial charge in [0.2, 0.25) is 11.5 Å². The number of halogens is 1. The van der Waals surface area contributed by atoms with Crippen LogP contribution < -0.4 is 9.47 Å². The first-order valence-electron chi connectivity index (χ1n) is 28.3. The summed E-state index contributed by atoms with van der Waals surface area (Å²) in [6, 6.07) is 10.3. The lowest BCUT2D eigenvalue weighted by Crippen LogP contribution is -2.33. The van der Waals surface area contributed by atoms with Crippen LogP contribution in [0.25, 0.3) is 10.4 Å². The number of rotatable bonds is 15. The summed E-state index contributed by atoms with van der Waals surface area (Å²) in [6.07, 6.45) is 20.2. The number of nitro groups is 2. The van der Waals surface area contributed by atoms with Crippen LogP contribution >= 0.6 is 38.6 Å². The van der Waals surface area contributed by atoms with Crippen molar-refractivity contribution < 1.29 is 38.3 Å². The molecule has 0 bridgehead atoms. The van der Waals surface area contributed by atoms with Gasteiger partial charge in [0.25, 0.3) is 0 Å². The van der Waals surface area contributed by atoms with Gasteiger partial charge in [-0.3, -0.25) is 0 Å². The number of nitrogens with zero attached hydrogens (tertiary/aromatic N) is 10. The van der Waals surface area contributed by atoms with Crippen LogP contribution in [-0.2, 0) is 32.2 Å². The fraction of sp³-hybridized carbons (Fsp3) is 0.508. The molecule has 2 atom stereocenters. The maximum atomic E-state index is 11.7. The van der Waals surface area contributed by atoms with Crippen molar-refractivity contribution >= 4 is 50.2 Å². The summed E-state index contributed by atoms with van der Waals surface area (Å²) >= 11 is 6.72. The van der Waals surface area contributed by atoms with Crippen molar-refractivity contribution in [2.75, 3.05) is 53.5 Å². The van der Waals surface area contributed by atoms with Crippen LogP contribution in [0.15, 0.2) is 78.1 Å². The predicted octanol–water partition coefficient (Wildman–Crippen LogP) is 12.2. The first-order chi connectivity index (χ1) is 40.3. The zero-order chi connectivity index (χ0) is 59.6. The Balaban J connectivity index is 0.000000186. The highest BCUT2D eigenvalue weighted by molar-refractivity contribution is 9.10. The average Bonchev–Trinajstić information content (AvgIpc) is 4.18. The summed E-state index contributed by atoms with van der Waals surface area (Å²) in [6.45, 7) is 15.9. The second-order valence-electron chi connectivity index (χ2n) is 22.1. The van der Waals surface area contributed by atoms with Crippen LogP contribution in [0.4, 0.5) is 11.6 Å². The molecule has 4 aliphatic heterocycles. The average molecular weight is 1250 g/mol. The monoisotopic (exact) mass is 1250 g/mol. The minimum absolute atomic E-state index is 0.0841. The Kier molecular flexibility index (Phi) is 23.2. The molecule has 84 heavy (non-hydrogen) atoms. The van der Waals surface area contributed by atoms with Gasteiger partial charge in [-0.25, -0.2) is 19.9 Å². The normalized spacial score (nSPS) is 18.1. The number of thiazole rings is 2. The Morgan fingerprint density at radius 2 is 1.11 bits per heavy atom. The predicted molar refractivity (Wildman–Crippen MR) is 325 cm³/mol. The quantitative estimate of drug-likeness (QED) is 0.0529. The standard InChI is InChI=1S/C30H35N5O5S.C21H22BrN3O5.C10H16N2S/c1-30(2,40-27-6-4-5-15-38-27)11-7-24-16-21(8-12-31-24)20-39-25-17-23(18-32-28(25)35(36)37)26-19-33-29(41-26)22-9-13-34(3)14-10-22;1-21(2,30-19-5-3-4-10-28-19)8-6-17-11-15(7-9-23-17)14-29-18-12-16(22)13-24-20(18)25(26)27;1-8-7-11-10(13-8)9-3-5-12(2)6-4-9/h8,12,16-19,22,27H,4-6,9-10,13-15,20H2,1-3H3;7,9,11-13,19H,3-5,10,14H2,1-2H3;7,9H,3-6H2,1-2H3. The minimum atomic E-state index is -0.702. The van der Waals surface area contributed by atoms with Gasteiger partial charge in [0.15, 0.2) is 18.8 Å². The van der Waals surface area contributed by atoms with Crippen LogP contribution in [0.3, 0.4) is 0 Å². The summed E-state index contributed by atoms with van der Waals surface area (Å²) in [5, 5.41) is 25.3. The molecule has 23 heteroatoms. The third-order valence-electron chi connectivity index (χ3n) is 14.1. The number of piperidine rings is 2. The van der Waals surface area contributed by atoms with Gasteiger partial charge in [-0.05, 0) is 222 Å². The van der Waals surface area contributed by atoms with E-state index in [-0.39, 0.29) is 48.9 Å². The van der Waals surface area contributed by atoms with Crippen LogP contribution in [0.5, 0.6) is 11.5 Å². The van der Waals surface area contributed by atoms with Crippen LogP contribution in [0.1, 0.15) is 141 Å². The second-order valence-corrected chi connectivity index (χ2v) is 25.3. The van der Waals surface area contributed by atoms with Crippen molar-refractivity contribution in [1.82, 2.24) is 39.7 Å². The molecule has 0 spiro atoms. The van der Waals surface area contributed by atoms with E-state index in [2.05, 4.69) is 100 Å². The van der Waals surface area contributed by atoms with Crippen LogP contribution in [0, 0.1) is 50.8 Å². The number of ether oxygens (including phenoxy) is 6. The maximum absolute atomic E-state index is 11.7. The van der Waals surface area contributed by atoms with E-state index in [9.17, 15) is 20.2 Å². The smallest absolute Gasteiger partial charge is 0.406 e. The molecule has 0 aromatic carbocycles. The van der Waals surface area contributed by atoms with Gasteiger partial charge in [-0.2, -0.15) is 0 Å². The fourth-order valence-corrected chi connectivity index (χ4v) is 11.8. The Bertz CT molecular complexity index is 3270. The van der Waals surface area contributed by atoms with E-state index in [0.29, 0.717) is 35.0 Å². The second kappa shape index (κ2) is 30.6. The Morgan fingerprint density at radius 3 is 1.57 bits per heavy atom. The first-order valence-corrected chi connectivity index (χ1v) is 30.8. The molecule has 6 aromatic heterocycles. The number of aryl methyl sites for hydroxylation is 1. The summed E-state index contributed by atoms with van der Waals surface area (Å²) < 4.78 is 35.4. The molecule has 0 N–H and O–H groups in total. The molecule has 0 aliphatic carbocycles. The third kappa shape index (κ3) is 19.9. The summed E-state index contributed by atoms with van der Waals surface area (Å²) in [5.41, 5.74) is 2.02. The van der Waals surface area contributed by atoms with Gasteiger partial charge in [-0.15, -0.1) is 22.7 Å². The number of hydrogen-bond acceptors (Lipinski definition) is 20. The van der Waals surface area contributed by atoms with Crippen molar-refractivity contribution in [3.63, 3.8) is 0 Å². The zero-order valence-corrected chi connectivity index (χ0v) is 51.9. The Morgan fingerprint density at radius 1 is 0.631 bits per heavy atom. The van der Waals surface area contributed by atoms with Crippen molar-refractivity contribution in [1.29, 1.82) is 0 Å². The first kappa shape index (κ1) is 63.6. The van der Waals surface area contributed by atoms with E-state index in [1.807, 2.05) is 51.4 Å². The molecule has 10 heterocycles. The summed E-state index contributed by atoms with van der Waals surface area (Å²) in [5.74, 6) is 13.0. The van der Waals surface area contributed by atoms with Gasteiger partial charge in [0.05, 0.1) is 19.4 Å². The topological polar surface area (TPSA) is 225 Å². The van der Waals surface area contributed by atoms with Crippen molar-refractivity contribution in [2.45, 2.75) is 148 Å². The maximum Gasteiger partial charge on any atom is 0.406 e. The van der Waals surface area contributed by atoms with Gasteiger partial charge in [-0.1, -0.05) is 11.8 Å². The summed E-state index contributed by atoms with van der Waals surface area (Å²) in [4.78, 5) is 54.3. The van der Waals surface area contributed by atoms with E-state index in [1.54, 1.807) is 54.1 Å². The molecule has 0 amide bonds. The number of aromatic nitrogens is 6. The molecule has 10 rings (SSSR count). The Hall–Kier alpha value is -6.38. The van der Waals surface area contributed by atoms with Crippen LogP contribution in [0.2, 0.25) is 0 Å². The molecule has 446 valence electrons. The SMILES string of the molecule is CC(C)(C#Cc1cc(COc2cc(Br)cnc2[N+](=O)[O-])ccn1)OC1CCCCO1.CN1CCC(c2ncc(-c3cnc([N+](=O)[O-])c(OCc4ccnc(C#CC(C)(C)OC5CCCCO5)c4)c3)s2)CC1.Cc1cnc(C2CCN(C)CC2)s1. The molecular weight excluding hydrogens is 1180 g/mol. The van der Waals surface area contributed by atoms with E-state index >= 15 is 0 Å². The molecule has 0 saturated carbocycles. The third-order valence-corrected chi connectivity index (χ3v) is 16.8. The highest BCUT2D eigenvalue weighted by Crippen LogP contribution is 2.38. The molecule has 6 aromatic rings. The van der Waals surface area contributed by atoms with Gasteiger partial charge >= 0.3 is 11.6 Å². The largest absolute Gasteiger partial charge is 0.481 e. The molecule has 2 unspecified atom stereocenters. The molecule has 4 saturated heterocycles. The lowest BCUT2D eigenvalue weighted by Gasteiger charge is -2.29. The van der Waals surface area contributed by atoms with Crippen LogP contribution in [-0.4, -0.2) is 127 Å². The summed E-state index contributed by atoms with van der Waals surface area (Å²) in [7, 11) is 4.33. The molecule has 20 nitrogen and oxygen atoms in total. The van der Waals surface area contributed by atoms with Gasteiger partial charge in [0, 0.05) is 72.4 Å². The van der Waals surface area contributed by atoms with E-state index in [0.717, 1.165) is 96.9 Å². The lowest BCUT2D eigenvalue weighted by atomic mass is 9.98. The van der Waals surface area contributed by atoms with E-state index in [4.69, 9.17) is 28.4 Å². The molecule has 4 aliphatic rings. The van der Waals surface area contributed by atoms with Crippen molar-refractivity contribution in [3.05, 3.63) is 136 Å².